The molecule has 1 unspecified atom stereocenters. The molecule has 57 heavy (non-hydrogen) atoms. The van der Waals surface area contributed by atoms with Gasteiger partial charge >= 0.3 is 17.9 Å². The standard InChI is InChI=1S/C51H86O6/c1-4-7-10-13-16-19-22-24-26-28-29-32-35-38-41-44-50(53)56-47-48(46-55-49(52)43-40-37-34-31-21-18-15-12-9-6-3)57-51(54)45-42-39-36-33-30-27-25-23-20-17-14-11-8-5-2/h7-8,10-11,13,15-20,22,48H,4-6,9,12,14,21,23-47H2,1-3H3/b10-7-,11-8-,16-13-,18-15-,20-17-,22-19-. The minimum atomic E-state index is -0.787. The van der Waals surface area contributed by atoms with Crippen LogP contribution in [0.15, 0.2) is 72.9 Å². The van der Waals surface area contributed by atoms with Gasteiger partial charge in [0.1, 0.15) is 13.2 Å². The number of esters is 3. The third kappa shape index (κ3) is 43.8. The van der Waals surface area contributed by atoms with Crippen LogP contribution in [0.4, 0.5) is 0 Å². The number of carbonyl (C=O) groups excluding carboxylic acids is 3. The fraction of sp³-hybridized carbons (Fsp3) is 0.706. The summed E-state index contributed by atoms with van der Waals surface area (Å²) in [4.78, 5) is 37.8. The zero-order chi connectivity index (χ0) is 41.5. The minimum Gasteiger partial charge on any atom is -0.462 e. The van der Waals surface area contributed by atoms with Gasteiger partial charge in [0.2, 0.25) is 0 Å². The summed E-state index contributed by atoms with van der Waals surface area (Å²) in [5.41, 5.74) is 0. The Morgan fingerprint density at radius 1 is 0.386 bits per heavy atom. The highest BCUT2D eigenvalue weighted by atomic mass is 16.6. The summed E-state index contributed by atoms with van der Waals surface area (Å²) in [6.45, 7) is 6.32. The van der Waals surface area contributed by atoms with Crippen LogP contribution in [0.3, 0.4) is 0 Å². The van der Waals surface area contributed by atoms with Gasteiger partial charge in [0.25, 0.3) is 0 Å². The van der Waals surface area contributed by atoms with E-state index in [1.54, 1.807) is 0 Å². The molecule has 0 saturated heterocycles. The molecular formula is C51H86O6. The van der Waals surface area contributed by atoms with Crippen LogP contribution in [0, 0.1) is 0 Å². The van der Waals surface area contributed by atoms with E-state index in [2.05, 4.69) is 93.7 Å². The average molecular weight is 795 g/mol. The van der Waals surface area contributed by atoms with E-state index in [1.807, 2.05) is 0 Å². The molecule has 0 amide bonds. The number of ether oxygens (including phenoxy) is 3. The van der Waals surface area contributed by atoms with Crippen molar-refractivity contribution in [3.8, 4) is 0 Å². The maximum absolute atomic E-state index is 12.7. The molecule has 0 N–H and O–H groups in total. The lowest BCUT2D eigenvalue weighted by atomic mass is 10.1. The molecule has 0 heterocycles. The number of hydrogen-bond acceptors (Lipinski definition) is 6. The Morgan fingerprint density at radius 3 is 1.26 bits per heavy atom. The molecule has 0 aromatic carbocycles. The van der Waals surface area contributed by atoms with E-state index in [0.29, 0.717) is 19.3 Å². The molecule has 0 aliphatic heterocycles. The van der Waals surface area contributed by atoms with Crippen molar-refractivity contribution in [1.29, 1.82) is 0 Å². The van der Waals surface area contributed by atoms with Crippen LogP contribution < -0.4 is 0 Å². The lowest BCUT2D eigenvalue weighted by Crippen LogP contribution is -2.30. The zero-order valence-corrected chi connectivity index (χ0v) is 37.1. The molecule has 0 spiro atoms. The Morgan fingerprint density at radius 2 is 0.772 bits per heavy atom. The van der Waals surface area contributed by atoms with Crippen molar-refractivity contribution in [3.05, 3.63) is 72.9 Å². The van der Waals surface area contributed by atoms with Crippen LogP contribution in [0.2, 0.25) is 0 Å². The molecule has 326 valence electrons. The monoisotopic (exact) mass is 795 g/mol. The largest absolute Gasteiger partial charge is 0.462 e. The van der Waals surface area contributed by atoms with Crippen LogP contribution in [-0.4, -0.2) is 37.2 Å². The summed E-state index contributed by atoms with van der Waals surface area (Å²) in [6, 6.07) is 0. The van der Waals surface area contributed by atoms with E-state index in [4.69, 9.17) is 14.2 Å². The molecular weight excluding hydrogens is 709 g/mol. The van der Waals surface area contributed by atoms with Gasteiger partial charge in [-0.25, -0.2) is 0 Å². The van der Waals surface area contributed by atoms with Gasteiger partial charge in [0.15, 0.2) is 6.10 Å². The summed E-state index contributed by atoms with van der Waals surface area (Å²) in [6.07, 6.45) is 56.0. The SMILES string of the molecule is CC\C=C/C=C\C=C/CCCCCCCCCC(=O)OCC(COC(=O)CCCCCC/C=C\CCCC)OC(=O)CCCCCCCCC/C=C\C/C=C\CC. The average Bonchev–Trinajstić information content (AvgIpc) is 3.21. The van der Waals surface area contributed by atoms with E-state index >= 15 is 0 Å². The molecule has 0 saturated carbocycles. The quantitative estimate of drug-likeness (QED) is 0.0202. The summed E-state index contributed by atoms with van der Waals surface area (Å²) in [5.74, 6) is -0.927. The van der Waals surface area contributed by atoms with Crippen LogP contribution in [-0.2, 0) is 28.6 Å². The zero-order valence-electron chi connectivity index (χ0n) is 37.1. The molecule has 0 aliphatic rings. The van der Waals surface area contributed by atoms with Gasteiger partial charge in [0.05, 0.1) is 0 Å². The Labute approximate surface area is 351 Å². The molecule has 0 aliphatic carbocycles. The topological polar surface area (TPSA) is 78.9 Å². The molecule has 0 bridgehead atoms. The summed E-state index contributed by atoms with van der Waals surface area (Å²) >= 11 is 0. The molecule has 0 radical (unpaired) electrons. The fourth-order valence-corrected chi connectivity index (χ4v) is 6.22. The highest BCUT2D eigenvalue weighted by Crippen LogP contribution is 2.14. The van der Waals surface area contributed by atoms with Crippen molar-refractivity contribution in [3.63, 3.8) is 0 Å². The first-order valence-electron chi connectivity index (χ1n) is 23.5. The van der Waals surface area contributed by atoms with Crippen LogP contribution >= 0.6 is 0 Å². The number of rotatable bonds is 41. The Bertz CT molecular complexity index is 1100. The molecule has 0 fully saturated rings. The highest BCUT2D eigenvalue weighted by molar-refractivity contribution is 5.71. The second-order valence-electron chi connectivity index (χ2n) is 15.3. The van der Waals surface area contributed by atoms with Gasteiger partial charge in [-0.05, 0) is 83.5 Å². The van der Waals surface area contributed by atoms with Crippen LogP contribution in [0.1, 0.15) is 213 Å². The van der Waals surface area contributed by atoms with E-state index in [9.17, 15) is 14.4 Å². The number of unbranched alkanes of at least 4 members (excludes halogenated alkanes) is 20. The van der Waals surface area contributed by atoms with E-state index in [1.165, 1.54) is 64.2 Å². The maximum atomic E-state index is 12.7. The molecule has 0 rings (SSSR count). The molecule has 1 atom stereocenters. The lowest BCUT2D eigenvalue weighted by Gasteiger charge is -2.18. The third-order valence-electron chi connectivity index (χ3n) is 9.74. The smallest absolute Gasteiger partial charge is 0.306 e. The summed E-state index contributed by atoms with van der Waals surface area (Å²) in [5, 5.41) is 0. The van der Waals surface area contributed by atoms with Crippen molar-refractivity contribution >= 4 is 17.9 Å². The maximum Gasteiger partial charge on any atom is 0.306 e. The van der Waals surface area contributed by atoms with Gasteiger partial charge < -0.3 is 14.2 Å². The normalized spacial score (nSPS) is 12.7. The van der Waals surface area contributed by atoms with Crippen LogP contribution in [0.5, 0.6) is 0 Å². The van der Waals surface area contributed by atoms with Crippen molar-refractivity contribution < 1.29 is 28.6 Å². The van der Waals surface area contributed by atoms with Gasteiger partial charge in [0, 0.05) is 19.3 Å². The first-order chi connectivity index (χ1) is 28.0. The van der Waals surface area contributed by atoms with E-state index < -0.39 is 6.10 Å². The van der Waals surface area contributed by atoms with Gasteiger partial charge in [-0.3, -0.25) is 14.4 Å². The van der Waals surface area contributed by atoms with Gasteiger partial charge in [-0.2, -0.15) is 0 Å². The lowest BCUT2D eigenvalue weighted by molar-refractivity contribution is -0.167. The van der Waals surface area contributed by atoms with Crippen molar-refractivity contribution in [2.45, 2.75) is 219 Å². The summed E-state index contributed by atoms with van der Waals surface area (Å²) in [7, 11) is 0. The predicted molar refractivity (Wildman–Crippen MR) is 242 cm³/mol. The van der Waals surface area contributed by atoms with E-state index in [0.717, 1.165) is 109 Å². The number of hydrogen-bond donors (Lipinski definition) is 0. The first kappa shape index (κ1) is 53.9. The van der Waals surface area contributed by atoms with Crippen molar-refractivity contribution in [2.75, 3.05) is 13.2 Å². The van der Waals surface area contributed by atoms with E-state index in [-0.39, 0.29) is 31.1 Å². The molecule has 6 heteroatoms. The van der Waals surface area contributed by atoms with Gasteiger partial charge in [-0.1, -0.05) is 184 Å². The second kappa shape index (κ2) is 45.6. The Hall–Kier alpha value is -3.15. The minimum absolute atomic E-state index is 0.0894. The molecule has 6 nitrogen and oxygen atoms in total. The first-order valence-corrected chi connectivity index (χ1v) is 23.5. The van der Waals surface area contributed by atoms with Crippen molar-refractivity contribution in [2.24, 2.45) is 0 Å². The molecule has 0 aromatic heterocycles. The fourth-order valence-electron chi connectivity index (χ4n) is 6.22. The van der Waals surface area contributed by atoms with Crippen molar-refractivity contribution in [1.82, 2.24) is 0 Å². The molecule has 0 aromatic rings. The number of allylic oxidation sites excluding steroid dienone is 12. The predicted octanol–water partition coefficient (Wildman–Crippen LogP) is 15.1. The van der Waals surface area contributed by atoms with Crippen LogP contribution in [0.25, 0.3) is 0 Å². The van der Waals surface area contributed by atoms with Gasteiger partial charge in [-0.15, -0.1) is 0 Å². The summed E-state index contributed by atoms with van der Waals surface area (Å²) < 4.78 is 16.7. The third-order valence-corrected chi connectivity index (χ3v) is 9.74. The second-order valence-corrected chi connectivity index (χ2v) is 15.3. The number of carbonyl (C=O) groups is 3. The Kier molecular flexibility index (Phi) is 43.0. The highest BCUT2D eigenvalue weighted by Gasteiger charge is 2.19. The Balaban J connectivity index is 4.41.